The Labute approximate surface area is 215 Å². The number of hydrogen-bond donors (Lipinski definition) is 2. The summed E-state index contributed by atoms with van der Waals surface area (Å²) in [7, 11) is -4.09. The summed E-state index contributed by atoms with van der Waals surface area (Å²) in [6.45, 7) is 0.0146. The first kappa shape index (κ1) is 25.7. The highest BCUT2D eigenvalue weighted by Crippen LogP contribution is 2.17. The maximum atomic E-state index is 13.1. The van der Waals surface area contributed by atoms with E-state index in [1.54, 1.807) is 48.8 Å². The number of aromatic nitrogens is 1. The van der Waals surface area contributed by atoms with E-state index in [0.29, 0.717) is 16.8 Å². The van der Waals surface area contributed by atoms with Gasteiger partial charge in [0.1, 0.15) is 12.6 Å². The Balaban J connectivity index is 1.47. The fourth-order valence-corrected chi connectivity index (χ4v) is 4.71. The quantitative estimate of drug-likeness (QED) is 0.309. The summed E-state index contributed by atoms with van der Waals surface area (Å²) in [6, 6.07) is 25.8. The zero-order valence-corrected chi connectivity index (χ0v) is 20.6. The zero-order chi connectivity index (χ0) is 26.1. The number of sulfonamides is 1. The lowest BCUT2D eigenvalue weighted by Gasteiger charge is -2.18. The van der Waals surface area contributed by atoms with Gasteiger partial charge in [0, 0.05) is 30.1 Å². The third kappa shape index (κ3) is 7.33. The molecule has 0 fully saturated rings. The van der Waals surface area contributed by atoms with Gasteiger partial charge in [0.15, 0.2) is 0 Å². The number of nitrogens with zero attached hydrogens (tertiary/aromatic N) is 1. The number of benzene rings is 3. The monoisotopic (exact) mass is 515 g/mol. The minimum absolute atomic E-state index is 0.0146. The summed E-state index contributed by atoms with van der Waals surface area (Å²) in [6.07, 6.45) is 3.22. The van der Waals surface area contributed by atoms with Gasteiger partial charge in [0.25, 0.3) is 5.91 Å². The summed E-state index contributed by atoms with van der Waals surface area (Å²) >= 11 is 0. The Morgan fingerprint density at radius 1 is 0.811 bits per heavy atom. The molecule has 0 aliphatic heterocycles. The van der Waals surface area contributed by atoms with Gasteiger partial charge < -0.3 is 10.1 Å². The van der Waals surface area contributed by atoms with Gasteiger partial charge in [-0.15, -0.1) is 0 Å². The van der Waals surface area contributed by atoms with Crippen molar-refractivity contribution in [2.75, 3.05) is 5.32 Å². The van der Waals surface area contributed by atoms with Crippen molar-refractivity contribution in [1.29, 1.82) is 0 Å². The standard InChI is InChI=1S/C28H25N3O5S/c32-27(23-11-5-2-6-12-23)30-24-13-15-25(16-14-24)37(34,35)31-26(18-22-10-7-17-29-19-22)28(33)36-20-21-8-3-1-4-9-21/h1-17,19,26,31H,18,20H2,(H,30,32). The average molecular weight is 516 g/mol. The molecule has 0 spiro atoms. The van der Waals surface area contributed by atoms with E-state index in [1.165, 1.54) is 24.3 Å². The van der Waals surface area contributed by atoms with Crippen LogP contribution in [0.3, 0.4) is 0 Å². The molecule has 4 aromatic rings. The van der Waals surface area contributed by atoms with Crippen LogP contribution in [-0.4, -0.2) is 31.3 Å². The second-order valence-electron chi connectivity index (χ2n) is 8.18. The van der Waals surface area contributed by atoms with Crippen molar-refractivity contribution >= 4 is 27.6 Å². The number of anilines is 1. The van der Waals surface area contributed by atoms with Crippen LogP contribution >= 0.6 is 0 Å². The van der Waals surface area contributed by atoms with Crippen LogP contribution < -0.4 is 10.0 Å². The lowest BCUT2D eigenvalue weighted by atomic mass is 10.1. The summed E-state index contributed by atoms with van der Waals surface area (Å²) in [5.41, 5.74) is 2.37. The number of carbonyl (C=O) groups excluding carboxylic acids is 2. The molecule has 1 unspecified atom stereocenters. The van der Waals surface area contributed by atoms with Crippen molar-refractivity contribution in [3.8, 4) is 0 Å². The van der Waals surface area contributed by atoms with Crippen molar-refractivity contribution < 1.29 is 22.7 Å². The molecule has 0 radical (unpaired) electrons. The van der Waals surface area contributed by atoms with Crippen LogP contribution in [-0.2, 0) is 32.6 Å². The number of nitrogens with one attached hydrogen (secondary N) is 2. The van der Waals surface area contributed by atoms with Gasteiger partial charge in [-0.1, -0.05) is 54.6 Å². The summed E-state index contributed by atoms with van der Waals surface area (Å²) in [5.74, 6) is -1.02. The zero-order valence-electron chi connectivity index (χ0n) is 19.8. The molecule has 37 heavy (non-hydrogen) atoms. The van der Waals surface area contributed by atoms with Crippen molar-refractivity contribution in [3.63, 3.8) is 0 Å². The molecule has 4 rings (SSSR count). The highest BCUT2D eigenvalue weighted by molar-refractivity contribution is 7.89. The summed E-state index contributed by atoms with van der Waals surface area (Å²) in [5, 5.41) is 2.73. The van der Waals surface area contributed by atoms with Crippen LogP contribution in [0.4, 0.5) is 5.69 Å². The second kappa shape index (κ2) is 12.1. The number of hydrogen-bond acceptors (Lipinski definition) is 6. The second-order valence-corrected chi connectivity index (χ2v) is 9.89. The summed E-state index contributed by atoms with van der Waals surface area (Å²) < 4.78 is 34.2. The molecule has 8 nitrogen and oxygen atoms in total. The van der Waals surface area contributed by atoms with Crippen molar-refractivity contribution in [2.24, 2.45) is 0 Å². The predicted octanol–water partition coefficient (Wildman–Crippen LogP) is 3.97. The highest BCUT2D eigenvalue weighted by Gasteiger charge is 2.27. The molecule has 0 saturated heterocycles. The first-order valence-electron chi connectivity index (χ1n) is 11.5. The molecule has 0 aliphatic carbocycles. The molecule has 0 bridgehead atoms. The molecule has 1 amide bonds. The van der Waals surface area contributed by atoms with Crippen LogP contribution in [0.15, 0.2) is 114 Å². The Hall–Kier alpha value is -4.34. The first-order valence-corrected chi connectivity index (χ1v) is 13.0. The average Bonchev–Trinajstić information content (AvgIpc) is 2.93. The molecule has 1 heterocycles. The van der Waals surface area contributed by atoms with Crippen LogP contribution in [0.1, 0.15) is 21.5 Å². The highest BCUT2D eigenvalue weighted by atomic mass is 32.2. The van der Waals surface area contributed by atoms with E-state index in [1.807, 2.05) is 36.4 Å². The number of ether oxygens (including phenoxy) is 1. The van der Waals surface area contributed by atoms with Crippen molar-refractivity contribution in [3.05, 3.63) is 126 Å². The van der Waals surface area contributed by atoms with Crippen LogP contribution in [0, 0.1) is 0 Å². The molecule has 1 atom stereocenters. The first-order chi connectivity index (χ1) is 17.9. The van der Waals surface area contributed by atoms with Crippen molar-refractivity contribution in [1.82, 2.24) is 9.71 Å². The molecule has 1 aromatic heterocycles. The lowest BCUT2D eigenvalue weighted by Crippen LogP contribution is -2.43. The smallest absolute Gasteiger partial charge is 0.324 e. The fourth-order valence-electron chi connectivity index (χ4n) is 3.52. The van der Waals surface area contributed by atoms with E-state index in [0.717, 1.165) is 5.56 Å². The molecule has 188 valence electrons. The fraction of sp³-hybridized carbons (Fsp3) is 0.107. The van der Waals surface area contributed by atoms with Gasteiger partial charge in [0.05, 0.1) is 4.90 Å². The van der Waals surface area contributed by atoms with E-state index < -0.39 is 22.0 Å². The van der Waals surface area contributed by atoms with Gasteiger partial charge in [-0.2, -0.15) is 4.72 Å². The maximum absolute atomic E-state index is 13.1. The minimum Gasteiger partial charge on any atom is -0.460 e. The van der Waals surface area contributed by atoms with Crippen molar-refractivity contribution in [2.45, 2.75) is 24.0 Å². The van der Waals surface area contributed by atoms with Crippen LogP contribution in [0.5, 0.6) is 0 Å². The molecular formula is C28H25N3O5S. The lowest BCUT2D eigenvalue weighted by molar-refractivity contribution is -0.147. The number of pyridine rings is 1. The van der Waals surface area contributed by atoms with Gasteiger partial charge >= 0.3 is 5.97 Å². The molecule has 0 aliphatic rings. The van der Waals surface area contributed by atoms with E-state index in [4.69, 9.17) is 4.74 Å². The Morgan fingerprint density at radius 2 is 1.46 bits per heavy atom. The molecule has 9 heteroatoms. The van der Waals surface area contributed by atoms with Gasteiger partial charge in [-0.05, 0) is 53.6 Å². The number of amides is 1. The topological polar surface area (TPSA) is 114 Å². The molecule has 3 aromatic carbocycles. The summed E-state index contributed by atoms with van der Waals surface area (Å²) in [4.78, 5) is 29.3. The molecule has 2 N–H and O–H groups in total. The number of carbonyl (C=O) groups is 2. The van der Waals surface area contributed by atoms with E-state index >= 15 is 0 Å². The number of rotatable bonds is 10. The third-order valence-electron chi connectivity index (χ3n) is 5.43. The third-order valence-corrected chi connectivity index (χ3v) is 6.91. The maximum Gasteiger partial charge on any atom is 0.324 e. The Morgan fingerprint density at radius 3 is 2.11 bits per heavy atom. The van der Waals surface area contributed by atoms with Crippen LogP contribution in [0.2, 0.25) is 0 Å². The Bertz CT molecular complexity index is 1430. The van der Waals surface area contributed by atoms with Crippen LogP contribution in [0.25, 0.3) is 0 Å². The van der Waals surface area contributed by atoms with Gasteiger partial charge in [-0.25, -0.2) is 8.42 Å². The van der Waals surface area contributed by atoms with E-state index in [-0.39, 0.29) is 23.8 Å². The van der Waals surface area contributed by atoms with E-state index in [2.05, 4.69) is 15.0 Å². The number of esters is 1. The largest absolute Gasteiger partial charge is 0.460 e. The van der Waals surface area contributed by atoms with Gasteiger partial charge in [-0.3, -0.25) is 14.6 Å². The molecular weight excluding hydrogens is 490 g/mol. The SMILES string of the molecule is O=C(Nc1ccc(S(=O)(=O)NC(Cc2cccnc2)C(=O)OCc2ccccc2)cc1)c1ccccc1. The van der Waals surface area contributed by atoms with Gasteiger partial charge in [0.2, 0.25) is 10.0 Å². The normalized spacial score (nSPS) is 11.9. The Kier molecular flexibility index (Phi) is 8.40. The van der Waals surface area contributed by atoms with E-state index in [9.17, 15) is 18.0 Å². The minimum atomic E-state index is -4.09. The molecule has 0 saturated carbocycles. The predicted molar refractivity (Wildman–Crippen MR) is 139 cm³/mol.